The van der Waals surface area contributed by atoms with Crippen LogP contribution in [0.2, 0.25) is 0 Å². The first-order valence-electron chi connectivity index (χ1n) is 6.94. The molecule has 1 aliphatic heterocycles. The third kappa shape index (κ3) is 3.61. The van der Waals surface area contributed by atoms with Crippen LogP contribution in [0.4, 0.5) is 4.39 Å². The van der Waals surface area contributed by atoms with Crippen molar-refractivity contribution >= 4 is 27.7 Å². The van der Waals surface area contributed by atoms with Gasteiger partial charge in [-0.3, -0.25) is 9.59 Å². The zero-order valence-electron chi connectivity index (χ0n) is 12.0. The van der Waals surface area contributed by atoms with E-state index >= 15 is 0 Å². The lowest BCUT2D eigenvalue weighted by molar-refractivity contribution is -0.146. The molecule has 2 atom stereocenters. The van der Waals surface area contributed by atoms with Gasteiger partial charge in [0.2, 0.25) is 11.8 Å². The van der Waals surface area contributed by atoms with Crippen molar-refractivity contribution in [2.45, 2.75) is 32.9 Å². The monoisotopic (exact) mass is 356 g/mol. The molecule has 1 aromatic carbocycles. The molecule has 0 saturated carbocycles. The molecule has 1 aromatic rings. The zero-order chi connectivity index (χ0) is 15.6. The molecule has 1 heterocycles. The van der Waals surface area contributed by atoms with Gasteiger partial charge >= 0.3 is 0 Å². The number of halogens is 2. The quantitative estimate of drug-likeness (QED) is 0.900. The molecule has 114 valence electrons. The van der Waals surface area contributed by atoms with Crippen LogP contribution in [-0.4, -0.2) is 29.3 Å². The number of nitrogens with zero attached hydrogens (tertiary/aromatic N) is 1. The Labute approximate surface area is 131 Å². The molecule has 0 bridgehead atoms. The molecule has 0 aromatic heterocycles. The molecule has 1 aliphatic rings. The number of benzene rings is 1. The lowest BCUT2D eigenvalue weighted by Gasteiger charge is -2.35. The number of amides is 2. The zero-order valence-corrected chi connectivity index (χ0v) is 13.6. The number of hydrogen-bond donors (Lipinski definition) is 1. The first-order valence-corrected chi connectivity index (χ1v) is 7.73. The van der Waals surface area contributed by atoms with E-state index in [0.29, 0.717) is 5.56 Å². The van der Waals surface area contributed by atoms with Gasteiger partial charge in [-0.05, 0) is 24.1 Å². The number of hydrogen-bond acceptors (Lipinski definition) is 2. The number of carbonyl (C=O) groups excluding carboxylic acids is 2. The average molecular weight is 357 g/mol. The smallest absolute Gasteiger partial charge is 0.246 e. The third-order valence-corrected chi connectivity index (χ3v) is 4.30. The summed E-state index contributed by atoms with van der Waals surface area (Å²) in [5.74, 6) is -0.674. The van der Waals surface area contributed by atoms with Crippen LogP contribution in [0, 0.1) is 11.7 Å². The van der Waals surface area contributed by atoms with Gasteiger partial charge in [0.15, 0.2) is 0 Å². The summed E-state index contributed by atoms with van der Waals surface area (Å²) in [6, 6.07) is 4.06. The fourth-order valence-corrected chi connectivity index (χ4v) is 2.76. The first kappa shape index (κ1) is 15.9. The highest BCUT2D eigenvalue weighted by Gasteiger charge is 2.35. The van der Waals surface area contributed by atoms with Gasteiger partial charge in [0.05, 0.1) is 6.54 Å². The highest BCUT2D eigenvalue weighted by atomic mass is 79.9. The van der Waals surface area contributed by atoms with Crippen molar-refractivity contribution in [3.05, 3.63) is 34.1 Å². The van der Waals surface area contributed by atoms with Crippen LogP contribution >= 0.6 is 15.9 Å². The molecule has 1 saturated heterocycles. The summed E-state index contributed by atoms with van der Waals surface area (Å²) < 4.78 is 14.6. The van der Waals surface area contributed by atoms with E-state index in [1.54, 1.807) is 12.1 Å². The second kappa shape index (κ2) is 6.56. The summed E-state index contributed by atoms with van der Waals surface area (Å²) in [7, 11) is 0. The Balaban J connectivity index is 2.20. The van der Waals surface area contributed by atoms with Gasteiger partial charge < -0.3 is 10.2 Å². The minimum atomic E-state index is -0.522. The number of nitrogens with one attached hydrogen (secondary N) is 1. The maximum absolute atomic E-state index is 13.8. The molecule has 2 rings (SSSR count). The summed E-state index contributed by atoms with van der Waals surface area (Å²) in [6.45, 7) is 3.96. The summed E-state index contributed by atoms with van der Waals surface area (Å²) in [4.78, 5) is 25.7. The van der Waals surface area contributed by atoms with Crippen LogP contribution < -0.4 is 5.32 Å². The highest BCUT2D eigenvalue weighted by molar-refractivity contribution is 9.10. The lowest BCUT2D eigenvalue weighted by Crippen LogP contribution is -2.59. The van der Waals surface area contributed by atoms with E-state index in [9.17, 15) is 14.0 Å². The fourth-order valence-electron chi connectivity index (χ4n) is 2.35. The fraction of sp³-hybridized carbons (Fsp3) is 0.467. The summed E-state index contributed by atoms with van der Waals surface area (Å²) >= 11 is 3.28. The molecule has 1 N–H and O–H groups in total. The Hall–Kier alpha value is -1.43. The van der Waals surface area contributed by atoms with Gasteiger partial charge in [0.1, 0.15) is 11.9 Å². The normalized spacial score (nSPS) is 20.4. The van der Waals surface area contributed by atoms with E-state index < -0.39 is 6.04 Å². The summed E-state index contributed by atoms with van der Waals surface area (Å²) in [5.41, 5.74) is 0.398. The second-order valence-corrected chi connectivity index (χ2v) is 6.28. The molecular weight excluding hydrogens is 339 g/mol. The van der Waals surface area contributed by atoms with Gasteiger partial charge in [-0.25, -0.2) is 4.39 Å². The van der Waals surface area contributed by atoms with Gasteiger partial charge in [0.25, 0.3) is 0 Å². The topological polar surface area (TPSA) is 49.4 Å². The van der Waals surface area contributed by atoms with Crippen molar-refractivity contribution in [3.8, 4) is 0 Å². The predicted octanol–water partition coefficient (Wildman–Crippen LogP) is 2.46. The van der Waals surface area contributed by atoms with Gasteiger partial charge in [-0.2, -0.15) is 0 Å². The van der Waals surface area contributed by atoms with Crippen LogP contribution in [0.25, 0.3) is 0 Å². The number of carbonyl (C=O) groups is 2. The number of rotatable bonds is 4. The third-order valence-electron chi connectivity index (χ3n) is 3.81. The van der Waals surface area contributed by atoms with Crippen LogP contribution in [-0.2, 0) is 16.1 Å². The van der Waals surface area contributed by atoms with Crippen LogP contribution in [0.1, 0.15) is 25.8 Å². The highest BCUT2D eigenvalue weighted by Crippen LogP contribution is 2.20. The van der Waals surface area contributed by atoms with Crippen LogP contribution in [0.3, 0.4) is 0 Å². The van der Waals surface area contributed by atoms with E-state index in [1.807, 2.05) is 13.8 Å². The van der Waals surface area contributed by atoms with Crippen molar-refractivity contribution < 1.29 is 14.0 Å². The molecule has 1 fully saturated rings. The molecule has 4 nitrogen and oxygen atoms in total. The standard InChI is InChI=1S/C15H18BrFN2O2/c1-3-9(2)14-15(21)19(8-13(20)18-14)7-10-6-11(16)4-5-12(10)17/h4-6,9,14H,3,7-8H2,1-2H3,(H,18,20). The van der Waals surface area contributed by atoms with Gasteiger partial charge in [0, 0.05) is 16.6 Å². The van der Waals surface area contributed by atoms with Crippen molar-refractivity contribution in [2.24, 2.45) is 5.92 Å². The Morgan fingerprint density at radius 1 is 1.48 bits per heavy atom. The first-order chi connectivity index (χ1) is 9.92. The second-order valence-electron chi connectivity index (χ2n) is 5.36. The Kier molecular flexibility index (Phi) is 4.98. The largest absolute Gasteiger partial charge is 0.342 e. The minimum absolute atomic E-state index is 0.0300. The van der Waals surface area contributed by atoms with E-state index in [-0.39, 0.29) is 36.6 Å². The summed E-state index contributed by atoms with van der Waals surface area (Å²) in [6.07, 6.45) is 0.787. The molecular formula is C15H18BrFN2O2. The van der Waals surface area contributed by atoms with Gasteiger partial charge in [-0.15, -0.1) is 0 Å². The maximum atomic E-state index is 13.8. The molecule has 0 spiro atoms. The molecule has 2 unspecified atom stereocenters. The van der Waals surface area contributed by atoms with Crippen molar-refractivity contribution in [1.82, 2.24) is 10.2 Å². The van der Waals surface area contributed by atoms with Gasteiger partial charge in [-0.1, -0.05) is 36.2 Å². The molecule has 2 amide bonds. The van der Waals surface area contributed by atoms with Crippen LogP contribution in [0.5, 0.6) is 0 Å². The Morgan fingerprint density at radius 2 is 2.19 bits per heavy atom. The van der Waals surface area contributed by atoms with E-state index in [4.69, 9.17) is 0 Å². The molecule has 0 radical (unpaired) electrons. The van der Waals surface area contributed by atoms with Crippen molar-refractivity contribution in [2.75, 3.05) is 6.54 Å². The van der Waals surface area contributed by atoms with E-state index in [2.05, 4.69) is 21.2 Å². The average Bonchev–Trinajstić information content (AvgIpc) is 2.45. The lowest BCUT2D eigenvalue weighted by atomic mass is 9.96. The van der Waals surface area contributed by atoms with Crippen LogP contribution in [0.15, 0.2) is 22.7 Å². The molecule has 6 heteroatoms. The predicted molar refractivity (Wildman–Crippen MR) is 80.9 cm³/mol. The van der Waals surface area contributed by atoms with Crippen molar-refractivity contribution in [1.29, 1.82) is 0 Å². The number of piperazine rings is 1. The SMILES string of the molecule is CCC(C)C1NC(=O)CN(Cc2cc(Br)ccc2F)C1=O. The van der Waals surface area contributed by atoms with E-state index in [1.165, 1.54) is 11.0 Å². The Bertz CT molecular complexity index is 565. The minimum Gasteiger partial charge on any atom is -0.342 e. The molecule has 0 aliphatic carbocycles. The van der Waals surface area contributed by atoms with E-state index in [0.717, 1.165) is 10.9 Å². The summed E-state index contributed by atoms with van der Waals surface area (Å²) in [5, 5.41) is 2.73. The van der Waals surface area contributed by atoms with Crippen molar-refractivity contribution in [3.63, 3.8) is 0 Å². The molecule has 21 heavy (non-hydrogen) atoms. The Morgan fingerprint density at radius 3 is 2.86 bits per heavy atom. The maximum Gasteiger partial charge on any atom is 0.246 e.